The zero-order valence-electron chi connectivity index (χ0n) is 13.9. The van der Waals surface area contributed by atoms with Crippen LogP contribution in [0.3, 0.4) is 0 Å². The molecule has 0 aliphatic heterocycles. The number of rotatable bonds is 4. The number of ether oxygens (including phenoxy) is 1. The maximum Gasteiger partial charge on any atom is 0.344 e. The fourth-order valence-electron chi connectivity index (χ4n) is 2.60. The third-order valence-electron chi connectivity index (χ3n) is 3.87. The van der Waals surface area contributed by atoms with Gasteiger partial charge in [0.15, 0.2) is 0 Å². The molecule has 0 aliphatic carbocycles. The summed E-state index contributed by atoms with van der Waals surface area (Å²) in [6.45, 7) is 1.71. The minimum absolute atomic E-state index is 0.0871. The van der Waals surface area contributed by atoms with E-state index >= 15 is 0 Å². The molecule has 0 unspecified atom stereocenters. The molecule has 0 spiro atoms. The van der Waals surface area contributed by atoms with Crippen molar-refractivity contribution in [1.82, 2.24) is 10.1 Å². The Morgan fingerprint density at radius 3 is 2.70 bits per heavy atom. The molecule has 8 nitrogen and oxygen atoms in total. The highest BCUT2D eigenvalue weighted by atomic mass is 32.1. The Kier molecular flexibility index (Phi) is 4.13. The van der Waals surface area contributed by atoms with Gasteiger partial charge in [-0.3, -0.25) is 10.1 Å². The van der Waals surface area contributed by atoms with Crippen LogP contribution >= 0.6 is 11.3 Å². The number of esters is 1. The van der Waals surface area contributed by atoms with Gasteiger partial charge in [-0.1, -0.05) is 11.2 Å². The standard InChI is InChI=1S/C18H11N3O5S/c1-10-16-13(18(22)25-12-6-4-11(5-7-12)21(23)24)9-14(15-3-2-8-27-15)19-17(16)26-20-10/h2-9H,1H3. The summed E-state index contributed by atoms with van der Waals surface area (Å²) in [7, 11) is 0. The second-order valence-corrected chi connectivity index (χ2v) is 6.57. The number of carbonyl (C=O) groups excluding carboxylic acids is 1. The van der Waals surface area contributed by atoms with Gasteiger partial charge < -0.3 is 9.26 Å². The first-order valence-corrected chi connectivity index (χ1v) is 8.68. The molecular weight excluding hydrogens is 370 g/mol. The molecular formula is C18H11N3O5S. The van der Waals surface area contributed by atoms with Crippen LogP contribution in [0.15, 0.2) is 52.4 Å². The molecule has 0 bridgehead atoms. The number of pyridine rings is 1. The maximum absolute atomic E-state index is 12.8. The Hall–Kier alpha value is -3.59. The van der Waals surface area contributed by atoms with Gasteiger partial charge in [-0.05, 0) is 36.6 Å². The molecule has 4 rings (SSSR count). The van der Waals surface area contributed by atoms with E-state index < -0.39 is 10.9 Å². The quantitative estimate of drug-likeness (QED) is 0.223. The average Bonchev–Trinajstić information content (AvgIpc) is 3.32. The lowest BCUT2D eigenvalue weighted by Crippen LogP contribution is -2.10. The van der Waals surface area contributed by atoms with Crippen molar-refractivity contribution in [3.63, 3.8) is 0 Å². The van der Waals surface area contributed by atoms with Crippen LogP contribution in [0.25, 0.3) is 21.7 Å². The SMILES string of the molecule is Cc1noc2nc(-c3cccs3)cc(C(=O)Oc3ccc([N+](=O)[O-])cc3)c12. The molecule has 27 heavy (non-hydrogen) atoms. The van der Waals surface area contributed by atoms with Crippen LogP contribution in [0.1, 0.15) is 16.1 Å². The zero-order valence-corrected chi connectivity index (χ0v) is 14.7. The molecule has 0 atom stereocenters. The predicted molar refractivity (Wildman–Crippen MR) is 97.9 cm³/mol. The van der Waals surface area contributed by atoms with Gasteiger partial charge >= 0.3 is 5.97 Å². The largest absolute Gasteiger partial charge is 0.423 e. The summed E-state index contributed by atoms with van der Waals surface area (Å²) in [5.41, 5.74) is 1.51. The first kappa shape index (κ1) is 16.9. The summed E-state index contributed by atoms with van der Waals surface area (Å²) >= 11 is 1.48. The van der Waals surface area contributed by atoms with Crippen molar-refractivity contribution in [3.8, 4) is 16.3 Å². The van der Waals surface area contributed by atoms with Crippen LogP contribution in [0, 0.1) is 17.0 Å². The topological polar surface area (TPSA) is 108 Å². The summed E-state index contributed by atoms with van der Waals surface area (Å²) in [5, 5.41) is 17.0. The van der Waals surface area contributed by atoms with Crippen LogP contribution in [-0.2, 0) is 0 Å². The Morgan fingerprint density at radius 2 is 2.04 bits per heavy atom. The lowest BCUT2D eigenvalue weighted by atomic mass is 10.1. The molecule has 0 radical (unpaired) electrons. The number of nitro benzene ring substituents is 1. The summed E-state index contributed by atoms with van der Waals surface area (Å²) in [4.78, 5) is 28.3. The Balaban J connectivity index is 1.74. The second-order valence-electron chi connectivity index (χ2n) is 5.62. The van der Waals surface area contributed by atoms with Gasteiger partial charge in [0.1, 0.15) is 5.75 Å². The van der Waals surface area contributed by atoms with Crippen molar-refractivity contribution in [3.05, 3.63) is 69.2 Å². The lowest BCUT2D eigenvalue weighted by Gasteiger charge is -2.06. The maximum atomic E-state index is 12.8. The van der Waals surface area contributed by atoms with Gasteiger partial charge in [-0.25, -0.2) is 9.78 Å². The van der Waals surface area contributed by atoms with Crippen molar-refractivity contribution in [2.24, 2.45) is 0 Å². The van der Waals surface area contributed by atoms with E-state index in [1.165, 1.54) is 35.6 Å². The Morgan fingerprint density at radius 1 is 1.26 bits per heavy atom. The molecule has 9 heteroatoms. The molecule has 4 aromatic rings. The smallest absolute Gasteiger partial charge is 0.344 e. The molecule has 0 amide bonds. The van der Waals surface area contributed by atoms with Crippen LogP contribution < -0.4 is 4.74 Å². The molecule has 3 aromatic heterocycles. The summed E-state index contributed by atoms with van der Waals surface area (Å²) in [6.07, 6.45) is 0. The van der Waals surface area contributed by atoms with E-state index in [4.69, 9.17) is 9.26 Å². The number of nitro groups is 1. The van der Waals surface area contributed by atoms with E-state index in [9.17, 15) is 14.9 Å². The number of nitrogens with zero attached hydrogens (tertiary/aromatic N) is 3. The molecule has 1 aromatic carbocycles. The van der Waals surface area contributed by atoms with E-state index in [-0.39, 0.29) is 22.7 Å². The van der Waals surface area contributed by atoms with Crippen LogP contribution in [0.2, 0.25) is 0 Å². The van der Waals surface area contributed by atoms with Crippen LogP contribution in [0.4, 0.5) is 5.69 Å². The van der Waals surface area contributed by atoms with Gasteiger partial charge in [-0.2, -0.15) is 0 Å². The molecule has 0 saturated carbocycles. The highest BCUT2D eigenvalue weighted by Gasteiger charge is 2.21. The number of fused-ring (bicyclic) bond motifs is 1. The highest BCUT2D eigenvalue weighted by Crippen LogP contribution is 2.30. The van der Waals surface area contributed by atoms with Gasteiger partial charge in [0.25, 0.3) is 11.4 Å². The predicted octanol–water partition coefficient (Wildman–Crippen LogP) is 4.39. The second kappa shape index (κ2) is 6.61. The number of hydrogen-bond donors (Lipinski definition) is 0. The van der Waals surface area contributed by atoms with Gasteiger partial charge in [0.05, 0.1) is 32.1 Å². The molecule has 0 fully saturated rings. The molecule has 134 valence electrons. The van der Waals surface area contributed by atoms with Crippen molar-refractivity contribution >= 4 is 34.1 Å². The van der Waals surface area contributed by atoms with E-state index in [1.54, 1.807) is 13.0 Å². The highest BCUT2D eigenvalue weighted by molar-refractivity contribution is 7.13. The first-order chi connectivity index (χ1) is 13.0. The number of carbonyl (C=O) groups is 1. The molecule has 0 aliphatic rings. The van der Waals surface area contributed by atoms with Gasteiger partial charge in [0, 0.05) is 12.1 Å². The van der Waals surface area contributed by atoms with E-state index in [1.807, 2.05) is 17.5 Å². The van der Waals surface area contributed by atoms with Crippen LogP contribution in [0.5, 0.6) is 5.75 Å². The fourth-order valence-corrected chi connectivity index (χ4v) is 3.29. The number of hydrogen-bond acceptors (Lipinski definition) is 8. The minimum Gasteiger partial charge on any atom is -0.423 e. The summed E-state index contributed by atoms with van der Waals surface area (Å²) in [5.74, 6) is -0.428. The third-order valence-corrected chi connectivity index (χ3v) is 4.76. The number of benzene rings is 1. The first-order valence-electron chi connectivity index (χ1n) is 7.80. The van der Waals surface area contributed by atoms with Crippen molar-refractivity contribution in [2.45, 2.75) is 6.92 Å². The molecule has 3 heterocycles. The van der Waals surface area contributed by atoms with Gasteiger partial charge in [0.2, 0.25) is 0 Å². The average molecular weight is 381 g/mol. The zero-order chi connectivity index (χ0) is 19.0. The lowest BCUT2D eigenvalue weighted by molar-refractivity contribution is -0.384. The normalized spacial score (nSPS) is 10.9. The summed E-state index contributed by atoms with van der Waals surface area (Å²) in [6, 6.07) is 10.7. The number of non-ortho nitro benzene ring substituents is 1. The summed E-state index contributed by atoms with van der Waals surface area (Å²) < 4.78 is 10.6. The monoisotopic (exact) mass is 381 g/mol. The van der Waals surface area contributed by atoms with Crippen molar-refractivity contribution < 1.29 is 19.0 Å². The number of aryl methyl sites for hydroxylation is 1. The van der Waals surface area contributed by atoms with E-state index in [0.29, 0.717) is 16.8 Å². The van der Waals surface area contributed by atoms with E-state index in [2.05, 4.69) is 10.1 Å². The van der Waals surface area contributed by atoms with E-state index in [0.717, 1.165) is 4.88 Å². The minimum atomic E-state index is -0.625. The van der Waals surface area contributed by atoms with Crippen molar-refractivity contribution in [2.75, 3.05) is 0 Å². The van der Waals surface area contributed by atoms with Crippen LogP contribution in [-0.4, -0.2) is 21.0 Å². The fraction of sp³-hybridized carbons (Fsp3) is 0.0556. The Labute approximate surface area is 156 Å². The third kappa shape index (κ3) is 3.15. The molecule has 0 saturated heterocycles. The molecule has 0 N–H and O–H groups in total. The van der Waals surface area contributed by atoms with Crippen molar-refractivity contribution in [1.29, 1.82) is 0 Å². The number of aromatic nitrogens is 2. The Bertz CT molecular complexity index is 1150. The number of thiophene rings is 1. The van der Waals surface area contributed by atoms with Gasteiger partial charge in [-0.15, -0.1) is 11.3 Å².